The van der Waals surface area contributed by atoms with Gasteiger partial charge in [-0.15, -0.1) is 0 Å². The topological polar surface area (TPSA) is 80.6 Å². The van der Waals surface area contributed by atoms with E-state index in [9.17, 15) is 31.9 Å². The van der Waals surface area contributed by atoms with Gasteiger partial charge in [-0.25, -0.2) is 9.18 Å². The maximum absolute atomic E-state index is 15.0. The van der Waals surface area contributed by atoms with E-state index in [1.54, 1.807) is 11.5 Å². The Morgan fingerprint density at radius 1 is 1.31 bits per heavy atom. The Hall–Kier alpha value is -2.76. The number of hydrogen-bond donors (Lipinski definition) is 1. The zero-order chi connectivity index (χ0) is 23.4. The van der Waals surface area contributed by atoms with Crippen molar-refractivity contribution in [2.24, 2.45) is 0 Å². The Bertz CT molecular complexity index is 1180. The van der Waals surface area contributed by atoms with Gasteiger partial charge in [-0.1, -0.05) is 11.8 Å². The van der Waals surface area contributed by atoms with Gasteiger partial charge in [0.25, 0.3) is 0 Å². The molecular formula is C20H19F4N3O4S. The number of rotatable bonds is 4. The van der Waals surface area contributed by atoms with Gasteiger partial charge in [-0.2, -0.15) is 13.2 Å². The Morgan fingerprint density at radius 3 is 2.66 bits per heavy atom. The van der Waals surface area contributed by atoms with Crippen LogP contribution in [0.25, 0.3) is 10.9 Å². The molecule has 0 bridgehead atoms. The second-order valence-corrected chi connectivity index (χ2v) is 8.85. The average Bonchev–Trinajstić information content (AvgIpc) is 3.15. The number of esters is 1. The molecule has 0 saturated carbocycles. The first-order valence-electron chi connectivity index (χ1n) is 9.91. The lowest BCUT2D eigenvalue weighted by Crippen LogP contribution is -2.44. The molecule has 1 amide bonds. The molecule has 0 spiro atoms. The molecule has 2 atom stereocenters. The Kier molecular flexibility index (Phi) is 5.60. The predicted molar refractivity (Wildman–Crippen MR) is 110 cm³/mol. The molecule has 1 fully saturated rings. The van der Waals surface area contributed by atoms with Gasteiger partial charge in [0.1, 0.15) is 11.4 Å². The van der Waals surface area contributed by atoms with Gasteiger partial charge < -0.3 is 19.5 Å². The second-order valence-electron chi connectivity index (χ2n) is 7.54. The third kappa shape index (κ3) is 3.70. The smallest absolute Gasteiger partial charge is 0.462 e. The summed E-state index contributed by atoms with van der Waals surface area (Å²) >= 11 is 1.32. The highest BCUT2D eigenvalue weighted by molar-refractivity contribution is 8.00. The molecule has 12 heteroatoms. The Balaban J connectivity index is 1.71. The van der Waals surface area contributed by atoms with Crippen molar-refractivity contribution in [2.45, 2.75) is 42.9 Å². The van der Waals surface area contributed by atoms with Crippen molar-refractivity contribution in [1.82, 2.24) is 9.88 Å². The van der Waals surface area contributed by atoms with Crippen LogP contribution in [0.3, 0.4) is 0 Å². The first kappa shape index (κ1) is 22.4. The molecule has 4 rings (SSSR count). The minimum absolute atomic E-state index is 0.00739. The summed E-state index contributed by atoms with van der Waals surface area (Å²) in [6, 6.07) is 1.72. The molecule has 2 aliphatic heterocycles. The summed E-state index contributed by atoms with van der Waals surface area (Å²) in [6.07, 6.45) is -4.78. The summed E-state index contributed by atoms with van der Waals surface area (Å²) in [4.78, 5) is 38.0. The zero-order valence-corrected chi connectivity index (χ0v) is 17.9. The van der Waals surface area contributed by atoms with Crippen molar-refractivity contribution in [3.05, 3.63) is 33.7 Å². The molecule has 2 aliphatic rings. The van der Waals surface area contributed by atoms with Crippen LogP contribution < -0.4 is 15.6 Å². The summed E-state index contributed by atoms with van der Waals surface area (Å²) in [6.45, 7) is 3.79. The summed E-state index contributed by atoms with van der Waals surface area (Å²) in [5, 5.41) is 2.26. The van der Waals surface area contributed by atoms with Gasteiger partial charge in [0.05, 0.1) is 28.2 Å². The summed E-state index contributed by atoms with van der Waals surface area (Å²) in [5.74, 6) is -3.55. The number of anilines is 1. The molecule has 1 aromatic carbocycles. The summed E-state index contributed by atoms with van der Waals surface area (Å²) in [7, 11) is 0. The highest BCUT2D eigenvalue weighted by atomic mass is 32.2. The fourth-order valence-corrected chi connectivity index (χ4v) is 5.18. The third-order valence-corrected chi connectivity index (χ3v) is 6.65. The highest BCUT2D eigenvalue weighted by Gasteiger charge is 2.41. The van der Waals surface area contributed by atoms with E-state index in [1.165, 1.54) is 22.7 Å². The number of amides is 1. The summed E-state index contributed by atoms with van der Waals surface area (Å²) < 4.78 is 59.2. The van der Waals surface area contributed by atoms with E-state index < -0.39 is 35.3 Å². The molecule has 172 valence electrons. The van der Waals surface area contributed by atoms with E-state index in [1.807, 2.05) is 12.2 Å². The molecular weight excluding hydrogens is 454 g/mol. The number of alkyl halides is 3. The van der Waals surface area contributed by atoms with Crippen molar-refractivity contribution in [3.8, 4) is 0 Å². The zero-order valence-electron chi connectivity index (χ0n) is 17.1. The van der Waals surface area contributed by atoms with E-state index in [2.05, 4.69) is 0 Å². The van der Waals surface area contributed by atoms with Crippen LogP contribution in [0.4, 0.5) is 23.2 Å². The first-order chi connectivity index (χ1) is 15.0. The summed E-state index contributed by atoms with van der Waals surface area (Å²) in [5.41, 5.74) is -0.233. The van der Waals surface area contributed by atoms with Gasteiger partial charge in [0.15, 0.2) is 0 Å². The van der Waals surface area contributed by atoms with E-state index in [0.717, 1.165) is 6.07 Å². The monoisotopic (exact) mass is 473 g/mol. The van der Waals surface area contributed by atoms with Crippen LogP contribution in [-0.4, -0.2) is 48.4 Å². The van der Waals surface area contributed by atoms with Crippen LogP contribution in [0.15, 0.2) is 22.0 Å². The number of benzene rings is 1. The molecule has 0 aliphatic carbocycles. The van der Waals surface area contributed by atoms with Gasteiger partial charge in [-0.3, -0.25) is 9.59 Å². The van der Waals surface area contributed by atoms with Crippen molar-refractivity contribution in [2.75, 3.05) is 24.6 Å². The molecule has 1 N–H and O–H groups in total. The van der Waals surface area contributed by atoms with Crippen molar-refractivity contribution < 1.29 is 31.9 Å². The van der Waals surface area contributed by atoms with E-state index in [-0.39, 0.29) is 48.1 Å². The first-order valence-corrected chi connectivity index (χ1v) is 10.8. The normalized spacial score (nSPS) is 20.1. The highest BCUT2D eigenvalue weighted by Crippen LogP contribution is 2.47. The number of carbonyl (C=O) groups is 2. The van der Waals surface area contributed by atoms with Gasteiger partial charge >= 0.3 is 18.1 Å². The van der Waals surface area contributed by atoms with Crippen LogP contribution in [0.5, 0.6) is 0 Å². The van der Waals surface area contributed by atoms with Crippen molar-refractivity contribution in [1.29, 1.82) is 0 Å². The van der Waals surface area contributed by atoms with Crippen molar-refractivity contribution >= 4 is 40.2 Å². The number of halogens is 4. The molecule has 1 aromatic heterocycles. The second kappa shape index (κ2) is 7.98. The number of fused-ring (bicyclic) bond motifs is 3. The van der Waals surface area contributed by atoms with Crippen LogP contribution in [-0.2, 0) is 9.53 Å². The predicted octanol–water partition coefficient (Wildman–Crippen LogP) is 3.20. The standard InChI is InChI=1S/C20H19F4N3O4S/c1-3-31-18(29)15-16(28)11-6-12(21)14(7-13(11)27-9(2)32-17(15)27)26-5-4-10(8-26)25-19(30)20(22,23)24/h6-7,9-10H,3-5,8H2,1-2H3,(H,25,30)/t9?,10-/m1/s1. The van der Waals surface area contributed by atoms with Crippen LogP contribution in [0.1, 0.15) is 36.0 Å². The minimum Gasteiger partial charge on any atom is -0.462 e. The molecule has 1 saturated heterocycles. The SMILES string of the molecule is CCOC(=O)c1c2n(c3cc(N4CC[C@@H](NC(=O)C(F)(F)F)C4)c(F)cc3c1=O)C(C)S2. The molecule has 2 aromatic rings. The maximum Gasteiger partial charge on any atom is 0.471 e. The minimum atomic E-state index is -4.99. The third-order valence-electron chi connectivity index (χ3n) is 5.48. The van der Waals surface area contributed by atoms with Crippen LogP contribution in [0.2, 0.25) is 0 Å². The van der Waals surface area contributed by atoms with E-state index in [0.29, 0.717) is 10.5 Å². The fraction of sp³-hybridized carbons (Fsp3) is 0.450. The molecule has 3 heterocycles. The van der Waals surface area contributed by atoms with Crippen LogP contribution >= 0.6 is 11.8 Å². The lowest BCUT2D eigenvalue weighted by atomic mass is 10.1. The number of ether oxygens (including phenoxy) is 1. The maximum atomic E-state index is 15.0. The lowest BCUT2D eigenvalue weighted by molar-refractivity contribution is -0.174. The number of nitrogens with one attached hydrogen (secondary N) is 1. The van der Waals surface area contributed by atoms with Crippen molar-refractivity contribution in [3.63, 3.8) is 0 Å². The van der Waals surface area contributed by atoms with E-state index in [4.69, 9.17) is 4.74 Å². The van der Waals surface area contributed by atoms with Gasteiger partial charge in [0.2, 0.25) is 5.43 Å². The quantitative estimate of drug-likeness (QED) is 0.543. The number of nitrogens with zero attached hydrogens (tertiary/aromatic N) is 2. The van der Waals surface area contributed by atoms with Crippen LogP contribution in [0, 0.1) is 5.82 Å². The number of pyridine rings is 1. The number of thioether (sulfide) groups is 1. The van der Waals surface area contributed by atoms with E-state index >= 15 is 0 Å². The van der Waals surface area contributed by atoms with Gasteiger partial charge in [0, 0.05) is 24.5 Å². The number of aromatic nitrogens is 1. The number of hydrogen-bond acceptors (Lipinski definition) is 6. The lowest BCUT2D eigenvalue weighted by Gasteiger charge is -2.33. The molecule has 1 unspecified atom stereocenters. The molecule has 0 radical (unpaired) electrons. The fourth-order valence-electron chi connectivity index (χ4n) is 4.03. The Morgan fingerprint density at radius 2 is 2.03 bits per heavy atom. The molecule has 32 heavy (non-hydrogen) atoms. The largest absolute Gasteiger partial charge is 0.471 e. The molecule has 7 nitrogen and oxygen atoms in total. The number of carbonyl (C=O) groups excluding carboxylic acids is 2. The average molecular weight is 473 g/mol. The van der Waals surface area contributed by atoms with Gasteiger partial charge in [-0.05, 0) is 32.4 Å². The Labute approximate surface area is 183 Å².